The number of fused-ring (bicyclic) bond motifs is 1. The predicted molar refractivity (Wildman–Crippen MR) is 100 cm³/mol. The van der Waals surface area contributed by atoms with Crippen molar-refractivity contribution in [3.63, 3.8) is 0 Å². The summed E-state index contributed by atoms with van der Waals surface area (Å²) in [6.07, 6.45) is 4.94. The third-order valence-electron chi connectivity index (χ3n) is 4.44. The quantitative estimate of drug-likeness (QED) is 0.867. The Labute approximate surface area is 151 Å². The Morgan fingerprint density at radius 1 is 1.26 bits per heavy atom. The van der Waals surface area contributed by atoms with Crippen LogP contribution in [-0.4, -0.2) is 43.0 Å². The molecule has 1 aromatic rings. The molecule has 0 aromatic heterocycles. The number of carbonyl (C=O) groups excluding carboxylic acids is 1. The van der Waals surface area contributed by atoms with Crippen molar-refractivity contribution >= 4 is 36.4 Å². The SMILES string of the molecule is CC(CN1CCCCC1)NC(=O)c1ccc2c(c1)CCN2.Cl.Cl. The van der Waals surface area contributed by atoms with Crippen molar-refractivity contribution in [3.05, 3.63) is 29.3 Å². The van der Waals surface area contributed by atoms with Crippen LogP contribution in [0.1, 0.15) is 42.1 Å². The van der Waals surface area contributed by atoms with Gasteiger partial charge in [0.05, 0.1) is 0 Å². The molecule has 0 aliphatic carbocycles. The third-order valence-corrected chi connectivity index (χ3v) is 4.44. The number of rotatable bonds is 4. The van der Waals surface area contributed by atoms with Crippen molar-refractivity contribution < 1.29 is 4.79 Å². The standard InChI is InChI=1S/C17H25N3O.2ClH/c1-13(12-20-9-3-2-4-10-20)19-17(21)15-5-6-16-14(11-15)7-8-18-16;;/h5-6,11,13,18H,2-4,7-10,12H2,1H3,(H,19,21);2*1H. The second kappa shape index (κ2) is 9.36. The van der Waals surface area contributed by atoms with E-state index in [0.717, 1.165) is 25.1 Å². The molecule has 2 N–H and O–H groups in total. The van der Waals surface area contributed by atoms with Crippen LogP contribution in [0.3, 0.4) is 0 Å². The maximum Gasteiger partial charge on any atom is 0.251 e. The molecule has 6 heteroatoms. The summed E-state index contributed by atoms with van der Waals surface area (Å²) < 4.78 is 0. The number of halogens is 2. The van der Waals surface area contributed by atoms with E-state index in [1.807, 2.05) is 18.2 Å². The lowest BCUT2D eigenvalue weighted by Crippen LogP contribution is -2.43. The van der Waals surface area contributed by atoms with Gasteiger partial charge in [-0.05, 0) is 63.0 Å². The number of nitrogens with one attached hydrogen (secondary N) is 2. The highest BCUT2D eigenvalue weighted by molar-refractivity contribution is 5.95. The van der Waals surface area contributed by atoms with E-state index in [2.05, 4.69) is 22.5 Å². The summed E-state index contributed by atoms with van der Waals surface area (Å²) in [7, 11) is 0. The monoisotopic (exact) mass is 359 g/mol. The van der Waals surface area contributed by atoms with Crippen molar-refractivity contribution in [2.24, 2.45) is 0 Å². The van der Waals surface area contributed by atoms with Crippen LogP contribution in [0.15, 0.2) is 18.2 Å². The maximum atomic E-state index is 12.3. The zero-order chi connectivity index (χ0) is 14.7. The molecule has 0 spiro atoms. The van der Waals surface area contributed by atoms with Crippen molar-refractivity contribution in [3.8, 4) is 0 Å². The van der Waals surface area contributed by atoms with Gasteiger partial charge in [0.25, 0.3) is 5.91 Å². The number of piperidine rings is 1. The van der Waals surface area contributed by atoms with Gasteiger partial charge in [0.15, 0.2) is 0 Å². The Morgan fingerprint density at radius 3 is 2.74 bits per heavy atom. The van der Waals surface area contributed by atoms with Crippen LogP contribution < -0.4 is 10.6 Å². The molecule has 3 rings (SSSR count). The molecule has 1 amide bonds. The van der Waals surface area contributed by atoms with Gasteiger partial charge in [-0.3, -0.25) is 4.79 Å². The average molecular weight is 360 g/mol. The smallest absolute Gasteiger partial charge is 0.251 e. The molecule has 23 heavy (non-hydrogen) atoms. The van der Waals surface area contributed by atoms with E-state index in [1.165, 1.54) is 43.6 Å². The lowest BCUT2D eigenvalue weighted by atomic mass is 10.1. The molecule has 1 atom stereocenters. The molecule has 2 aliphatic rings. The highest BCUT2D eigenvalue weighted by Gasteiger charge is 2.17. The summed E-state index contributed by atoms with van der Waals surface area (Å²) >= 11 is 0. The molecule has 1 unspecified atom stereocenters. The number of likely N-dealkylation sites (tertiary alicyclic amines) is 1. The minimum Gasteiger partial charge on any atom is -0.384 e. The fourth-order valence-corrected chi connectivity index (χ4v) is 3.33. The van der Waals surface area contributed by atoms with Crippen molar-refractivity contribution in [1.82, 2.24) is 10.2 Å². The summed E-state index contributed by atoms with van der Waals surface area (Å²) in [6.45, 7) is 6.38. The van der Waals surface area contributed by atoms with Crippen LogP contribution in [0.2, 0.25) is 0 Å². The molecule has 2 heterocycles. The summed E-state index contributed by atoms with van der Waals surface area (Å²) in [5.74, 6) is 0.0502. The average Bonchev–Trinajstić information content (AvgIpc) is 2.95. The first-order valence-corrected chi connectivity index (χ1v) is 8.12. The van der Waals surface area contributed by atoms with Crippen LogP contribution in [0, 0.1) is 0 Å². The molecule has 1 aromatic carbocycles. The lowest BCUT2D eigenvalue weighted by Gasteiger charge is -2.29. The topological polar surface area (TPSA) is 44.4 Å². The van der Waals surface area contributed by atoms with E-state index in [4.69, 9.17) is 0 Å². The van der Waals surface area contributed by atoms with Gasteiger partial charge in [0.2, 0.25) is 0 Å². The number of anilines is 1. The van der Waals surface area contributed by atoms with Gasteiger partial charge < -0.3 is 15.5 Å². The maximum absolute atomic E-state index is 12.3. The van der Waals surface area contributed by atoms with Gasteiger partial charge in [-0.2, -0.15) is 0 Å². The van der Waals surface area contributed by atoms with E-state index in [0.29, 0.717) is 0 Å². The summed E-state index contributed by atoms with van der Waals surface area (Å²) in [5.41, 5.74) is 3.21. The zero-order valence-electron chi connectivity index (χ0n) is 13.6. The fraction of sp³-hybridized carbons (Fsp3) is 0.588. The summed E-state index contributed by atoms with van der Waals surface area (Å²) in [5, 5.41) is 6.46. The number of hydrogen-bond donors (Lipinski definition) is 2. The summed E-state index contributed by atoms with van der Waals surface area (Å²) in [4.78, 5) is 14.8. The second-order valence-corrected chi connectivity index (χ2v) is 6.28. The Morgan fingerprint density at radius 2 is 2.00 bits per heavy atom. The van der Waals surface area contributed by atoms with E-state index >= 15 is 0 Å². The van der Waals surface area contributed by atoms with Crippen molar-refractivity contribution in [2.75, 3.05) is 31.5 Å². The number of hydrogen-bond acceptors (Lipinski definition) is 3. The number of amides is 1. The highest BCUT2D eigenvalue weighted by atomic mass is 35.5. The first-order valence-electron chi connectivity index (χ1n) is 8.12. The molecule has 0 saturated carbocycles. The van der Waals surface area contributed by atoms with Gasteiger partial charge >= 0.3 is 0 Å². The minimum absolute atomic E-state index is 0. The van der Waals surface area contributed by atoms with E-state index in [1.54, 1.807) is 0 Å². The van der Waals surface area contributed by atoms with Crippen LogP contribution in [0.5, 0.6) is 0 Å². The summed E-state index contributed by atoms with van der Waals surface area (Å²) in [6, 6.07) is 6.16. The minimum atomic E-state index is 0. The van der Waals surface area contributed by atoms with Crippen LogP contribution in [-0.2, 0) is 6.42 Å². The Hall–Kier alpha value is -0.970. The molecule has 1 saturated heterocycles. The number of nitrogens with zero attached hydrogens (tertiary/aromatic N) is 1. The molecule has 4 nitrogen and oxygen atoms in total. The lowest BCUT2D eigenvalue weighted by molar-refractivity contribution is 0.0925. The van der Waals surface area contributed by atoms with Gasteiger partial charge in [-0.1, -0.05) is 6.42 Å². The Balaban J connectivity index is 0.00000132. The van der Waals surface area contributed by atoms with Crippen molar-refractivity contribution in [2.45, 2.75) is 38.6 Å². The molecular weight excluding hydrogens is 333 g/mol. The first kappa shape index (κ1) is 20.1. The number of carbonyl (C=O) groups is 1. The Bertz CT molecular complexity index is 519. The van der Waals surface area contributed by atoms with Crippen LogP contribution in [0.25, 0.3) is 0 Å². The van der Waals surface area contributed by atoms with Crippen molar-refractivity contribution in [1.29, 1.82) is 0 Å². The first-order chi connectivity index (χ1) is 10.2. The predicted octanol–water partition coefficient (Wildman–Crippen LogP) is 3.10. The van der Waals surface area contributed by atoms with Gasteiger partial charge in [0, 0.05) is 30.4 Å². The molecule has 0 bridgehead atoms. The zero-order valence-corrected chi connectivity index (χ0v) is 15.3. The van der Waals surface area contributed by atoms with E-state index < -0.39 is 0 Å². The van der Waals surface area contributed by atoms with Gasteiger partial charge in [0.1, 0.15) is 0 Å². The molecular formula is C17H27Cl2N3O. The molecule has 2 aliphatic heterocycles. The molecule has 130 valence electrons. The van der Waals surface area contributed by atoms with Crippen LogP contribution in [0.4, 0.5) is 5.69 Å². The van der Waals surface area contributed by atoms with E-state index in [-0.39, 0.29) is 36.8 Å². The molecule has 0 radical (unpaired) electrons. The number of benzene rings is 1. The second-order valence-electron chi connectivity index (χ2n) is 6.28. The van der Waals surface area contributed by atoms with Crippen LogP contribution >= 0.6 is 24.8 Å². The largest absolute Gasteiger partial charge is 0.384 e. The van der Waals surface area contributed by atoms with Gasteiger partial charge in [-0.25, -0.2) is 0 Å². The van der Waals surface area contributed by atoms with Gasteiger partial charge in [-0.15, -0.1) is 24.8 Å². The third kappa shape index (κ3) is 5.27. The van der Waals surface area contributed by atoms with E-state index in [9.17, 15) is 4.79 Å². The Kier molecular flexibility index (Phi) is 8.17. The molecule has 1 fully saturated rings. The normalized spacial score (nSPS) is 18.0. The highest BCUT2D eigenvalue weighted by Crippen LogP contribution is 2.23. The fourth-order valence-electron chi connectivity index (χ4n) is 3.33.